The molecule has 2 aromatic heterocycles. The van der Waals surface area contributed by atoms with Crippen molar-refractivity contribution in [1.82, 2.24) is 14.9 Å². The lowest BCUT2D eigenvalue weighted by molar-refractivity contribution is -0.114. The Morgan fingerprint density at radius 2 is 2.12 bits per heavy atom. The number of nitriles is 1. The largest absolute Gasteiger partial charge is 0.494 e. The van der Waals surface area contributed by atoms with Gasteiger partial charge in [0.25, 0.3) is 0 Å². The van der Waals surface area contributed by atoms with Gasteiger partial charge in [-0.3, -0.25) is 14.8 Å². The molecule has 0 aliphatic carbocycles. The summed E-state index contributed by atoms with van der Waals surface area (Å²) in [5.74, 6) is -0.567. The first-order chi connectivity index (χ1) is 22.4. The van der Waals surface area contributed by atoms with E-state index in [1.54, 1.807) is 30.5 Å². The van der Waals surface area contributed by atoms with Gasteiger partial charge in [-0.05, 0) is 63.4 Å². The fraction of sp³-hybridized carbons (Fsp3) is 0.226. The van der Waals surface area contributed by atoms with E-state index in [4.69, 9.17) is 32.0 Å². The third-order valence-electron chi connectivity index (χ3n) is 5.53. The number of pyridine rings is 2. The number of allylic oxidation sites excluding steroid dienone is 1. The van der Waals surface area contributed by atoms with Crippen molar-refractivity contribution in [1.29, 1.82) is 5.26 Å². The molecule has 204 valence electrons. The van der Waals surface area contributed by atoms with Crippen LogP contribution in [0.2, 0.25) is 5.02 Å². The van der Waals surface area contributed by atoms with Gasteiger partial charge in [0.1, 0.15) is 24.2 Å². The van der Waals surface area contributed by atoms with Crippen molar-refractivity contribution in [3.8, 4) is 17.6 Å². The summed E-state index contributed by atoms with van der Waals surface area (Å²) in [6.45, 7) is -6.33. The number of carbonyl (C=O) groups excluding carboxylic acids is 1. The van der Waals surface area contributed by atoms with Crippen molar-refractivity contribution >= 4 is 39.7 Å². The molecular formula is C31H30ClN5O3. The molecule has 0 amide bonds. The quantitative estimate of drug-likeness (QED) is 0.206. The number of anilines is 2. The minimum Gasteiger partial charge on any atom is -0.494 e. The van der Waals surface area contributed by atoms with E-state index >= 15 is 0 Å². The maximum atomic E-state index is 13.2. The van der Waals surface area contributed by atoms with Gasteiger partial charge < -0.3 is 19.7 Å². The fourth-order valence-electron chi connectivity index (χ4n) is 3.74. The number of fused-ring (bicyclic) bond motifs is 1. The topological polar surface area (TPSA) is 100 Å². The van der Waals surface area contributed by atoms with E-state index in [9.17, 15) is 10.1 Å². The molecule has 0 aliphatic heterocycles. The van der Waals surface area contributed by atoms with Gasteiger partial charge in [0.2, 0.25) is 0 Å². The van der Waals surface area contributed by atoms with Crippen molar-refractivity contribution in [3.05, 3.63) is 94.9 Å². The summed E-state index contributed by atoms with van der Waals surface area (Å²) in [5, 5.41) is 13.7. The lowest BCUT2D eigenvalue weighted by Crippen LogP contribution is -2.11. The Labute approximate surface area is 250 Å². The summed E-state index contributed by atoms with van der Waals surface area (Å²) < 4.78 is 73.9. The first-order valence-electron chi connectivity index (χ1n) is 16.0. The molecule has 0 fully saturated rings. The zero-order valence-corrected chi connectivity index (χ0v) is 22.4. The number of nitrogens with zero attached hydrogens (tertiary/aromatic N) is 4. The number of rotatable bonds is 12. The average molecular weight is 564 g/mol. The Balaban J connectivity index is 1.71. The second-order valence-electron chi connectivity index (χ2n) is 8.40. The zero-order valence-electron chi connectivity index (χ0n) is 29.7. The highest BCUT2D eigenvalue weighted by Crippen LogP contribution is 2.36. The molecule has 2 heterocycles. The molecule has 0 spiro atoms. The maximum absolute atomic E-state index is 13.2. The molecule has 0 unspecified atom stereocenters. The van der Waals surface area contributed by atoms with Crippen LogP contribution in [0.5, 0.6) is 11.5 Å². The van der Waals surface area contributed by atoms with Crippen LogP contribution in [-0.4, -0.2) is 47.7 Å². The second-order valence-corrected chi connectivity index (χ2v) is 8.81. The van der Waals surface area contributed by atoms with Crippen LogP contribution in [0.3, 0.4) is 0 Å². The minimum absolute atomic E-state index is 0.0700. The van der Waals surface area contributed by atoms with Gasteiger partial charge in [0, 0.05) is 54.9 Å². The number of likely N-dealkylation sites (N-methyl/N-ethyl adjacent to an activating group) is 1. The molecule has 0 saturated heterocycles. The average Bonchev–Trinajstić information content (AvgIpc) is 3.00. The number of nitrogens with one attached hydrogen (secondary N) is 1. The van der Waals surface area contributed by atoms with Crippen LogP contribution in [0.4, 0.5) is 11.4 Å². The molecular weight excluding hydrogens is 526 g/mol. The van der Waals surface area contributed by atoms with Crippen LogP contribution in [0.15, 0.2) is 73.1 Å². The Kier molecular flexibility index (Phi) is 6.64. The standard InChI is InChI=1S/C31H30ClN5O3/c1-4-39-30-17-28-26(15-21(30)14-25(38)9-7-13-37(2)3)31(22(18-33)19-35-28)36-23-10-11-29(27(32)16-23)40-20-24-8-5-6-12-34-24/h5-12,15-17,19H,4,13-14,20H2,1-3H3,(H,35,36)/b9-7+/i2D3,4D2,9D,13D2. The summed E-state index contributed by atoms with van der Waals surface area (Å²) in [4.78, 5) is 22.1. The second kappa shape index (κ2) is 13.6. The van der Waals surface area contributed by atoms with Crippen molar-refractivity contribution < 1.29 is 25.2 Å². The third-order valence-corrected chi connectivity index (χ3v) is 5.82. The van der Waals surface area contributed by atoms with Crippen LogP contribution in [0, 0.1) is 11.3 Å². The number of carbonyl (C=O) groups is 1. The maximum Gasteiger partial charge on any atom is 0.159 e. The van der Waals surface area contributed by atoms with Crippen LogP contribution >= 0.6 is 11.6 Å². The van der Waals surface area contributed by atoms with E-state index in [1.165, 1.54) is 18.3 Å². The highest BCUT2D eigenvalue weighted by Gasteiger charge is 2.16. The summed E-state index contributed by atoms with van der Waals surface area (Å²) in [6, 6.07) is 14.5. The van der Waals surface area contributed by atoms with Crippen molar-refractivity contribution in [3.63, 3.8) is 0 Å². The molecule has 8 nitrogen and oxygen atoms in total. The zero-order chi connectivity index (χ0) is 35.4. The smallest absolute Gasteiger partial charge is 0.159 e. The van der Waals surface area contributed by atoms with E-state index in [0.717, 1.165) is 14.0 Å². The monoisotopic (exact) mass is 563 g/mol. The Bertz CT molecular complexity index is 1890. The third kappa shape index (κ3) is 7.35. The van der Waals surface area contributed by atoms with Crippen LogP contribution < -0.4 is 14.8 Å². The predicted octanol–water partition coefficient (Wildman–Crippen LogP) is 6.11. The molecule has 40 heavy (non-hydrogen) atoms. The van der Waals surface area contributed by atoms with Gasteiger partial charge in [0.05, 0.1) is 38.2 Å². The van der Waals surface area contributed by atoms with Gasteiger partial charge in [0.15, 0.2) is 5.78 Å². The number of hydrogen-bond donors (Lipinski definition) is 1. The highest BCUT2D eigenvalue weighted by atomic mass is 35.5. The first kappa shape index (κ1) is 19.6. The van der Waals surface area contributed by atoms with E-state index in [0.29, 0.717) is 33.5 Å². The molecule has 1 N–H and O–H groups in total. The Morgan fingerprint density at radius 3 is 2.85 bits per heavy atom. The first-order valence-corrected chi connectivity index (χ1v) is 12.4. The van der Waals surface area contributed by atoms with E-state index < -0.39 is 38.3 Å². The fourth-order valence-corrected chi connectivity index (χ4v) is 3.97. The number of hydrogen-bond acceptors (Lipinski definition) is 8. The number of ether oxygens (including phenoxy) is 2. The van der Waals surface area contributed by atoms with E-state index in [2.05, 4.69) is 21.4 Å². The molecule has 0 bridgehead atoms. The highest BCUT2D eigenvalue weighted by molar-refractivity contribution is 6.32. The molecule has 0 radical (unpaired) electrons. The molecule has 0 aliphatic rings. The van der Waals surface area contributed by atoms with Crippen LogP contribution in [-0.2, 0) is 17.8 Å². The summed E-state index contributed by atoms with van der Waals surface area (Å²) in [5.41, 5.74) is 2.00. The van der Waals surface area contributed by atoms with E-state index in [-0.39, 0.29) is 39.7 Å². The normalized spacial score (nSPS) is 15.3. The summed E-state index contributed by atoms with van der Waals surface area (Å²) >= 11 is 6.50. The summed E-state index contributed by atoms with van der Waals surface area (Å²) in [7, 11) is 1.00. The molecule has 0 atom stereocenters. The minimum atomic E-state index is -2.83. The van der Waals surface area contributed by atoms with Gasteiger partial charge in [-0.1, -0.05) is 23.7 Å². The molecule has 4 rings (SSSR count). The van der Waals surface area contributed by atoms with Gasteiger partial charge in [-0.2, -0.15) is 5.26 Å². The van der Waals surface area contributed by atoms with E-state index in [1.807, 2.05) is 12.1 Å². The number of halogens is 1. The van der Waals surface area contributed by atoms with Crippen LogP contribution in [0.1, 0.15) is 34.7 Å². The molecule has 4 aromatic rings. The Morgan fingerprint density at radius 1 is 1.25 bits per heavy atom. The van der Waals surface area contributed by atoms with Crippen molar-refractivity contribution in [2.75, 3.05) is 32.4 Å². The van der Waals surface area contributed by atoms with Crippen molar-refractivity contribution in [2.45, 2.75) is 20.0 Å². The lowest BCUT2D eigenvalue weighted by Gasteiger charge is -2.16. The Hall–Kier alpha value is -4.45. The number of aromatic nitrogens is 2. The predicted molar refractivity (Wildman–Crippen MR) is 157 cm³/mol. The van der Waals surface area contributed by atoms with Crippen molar-refractivity contribution in [2.24, 2.45) is 0 Å². The number of ketones is 1. The van der Waals surface area contributed by atoms with Gasteiger partial charge in [-0.25, -0.2) is 0 Å². The molecule has 9 heteroatoms. The molecule has 0 saturated carbocycles. The van der Waals surface area contributed by atoms with Gasteiger partial charge in [-0.15, -0.1) is 0 Å². The molecule has 2 aromatic carbocycles. The number of benzene rings is 2. The lowest BCUT2D eigenvalue weighted by atomic mass is 10.0. The SMILES string of the molecule is [2H]/C(=C\C([2H])([2H])N(C)C([2H])([2H])[2H])C(=O)Cc1cc2c(Nc3ccc(OCc4ccccn4)c(Cl)c3)c(C#N)cnc2cc1OC([2H])([2H])C. The van der Waals surface area contributed by atoms with Crippen LogP contribution in [0.25, 0.3) is 10.9 Å². The summed E-state index contributed by atoms with van der Waals surface area (Å²) in [6.07, 6.45) is 3.02. The van der Waals surface area contributed by atoms with Gasteiger partial charge >= 0.3 is 0 Å².